The Bertz CT molecular complexity index is 1090. The SMILES string of the molecule is Cc1n(CCOC(=O)[C@](O)(c2ccccc2)[C@@H]2CCC(F)(F)C2)cc[n+]1Cc1ccccc1. The standard InChI is InChI=1S/C26H29F2N2O3/c1-20-29(14-15-30(20)19-21-8-4-2-5-9-21)16-17-33-24(31)26(32,22-10-6-3-7-11-22)23-12-13-25(27,28)18-23/h2-11,14-15,23,32H,12-13,16-19H2,1H3/q+1/t23-,26+/m1/s1. The summed E-state index contributed by atoms with van der Waals surface area (Å²) in [5.74, 6) is -3.67. The first-order valence-corrected chi connectivity index (χ1v) is 11.2. The maximum Gasteiger partial charge on any atom is 0.343 e. The van der Waals surface area contributed by atoms with Gasteiger partial charge in [-0.2, -0.15) is 0 Å². The van der Waals surface area contributed by atoms with E-state index >= 15 is 0 Å². The van der Waals surface area contributed by atoms with Crippen molar-refractivity contribution in [3.8, 4) is 0 Å². The van der Waals surface area contributed by atoms with E-state index in [0.29, 0.717) is 6.54 Å². The molecule has 4 rings (SSSR count). The summed E-state index contributed by atoms with van der Waals surface area (Å²) in [5, 5.41) is 11.4. The third kappa shape index (κ3) is 4.98. The molecule has 174 valence electrons. The first-order valence-electron chi connectivity index (χ1n) is 11.2. The molecule has 5 nitrogen and oxygen atoms in total. The van der Waals surface area contributed by atoms with E-state index in [0.717, 1.165) is 12.4 Å². The third-order valence-electron chi connectivity index (χ3n) is 6.54. The number of alkyl halides is 2. The molecule has 0 unspecified atom stereocenters. The molecule has 1 fully saturated rings. The van der Waals surface area contributed by atoms with E-state index in [4.69, 9.17) is 4.74 Å². The quantitative estimate of drug-likeness (QED) is 0.413. The lowest BCUT2D eigenvalue weighted by molar-refractivity contribution is -0.694. The van der Waals surface area contributed by atoms with E-state index in [1.165, 1.54) is 5.56 Å². The van der Waals surface area contributed by atoms with Crippen LogP contribution in [0.3, 0.4) is 0 Å². The Labute approximate surface area is 192 Å². The normalized spacial score (nSPS) is 19.2. The number of ether oxygens (including phenoxy) is 1. The number of aromatic nitrogens is 2. The van der Waals surface area contributed by atoms with Crippen molar-refractivity contribution in [2.45, 2.75) is 50.8 Å². The minimum atomic E-state index is -2.89. The van der Waals surface area contributed by atoms with Gasteiger partial charge in [-0.1, -0.05) is 60.7 Å². The third-order valence-corrected chi connectivity index (χ3v) is 6.54. The van der Waals surface area contributed by atoms with Gasteiger partial charge < -0.3 is 9.84 Å². The highest BCUT2D eigenvalue weighted by Crippen LogP contribution is 2.47. The van der Waals surface area contributed by atoms with Crippen molar-refractivity contribution in [2.24, 2.45) is 5.92 Å². The number of carbonyl (C=O) groups is 1. The van der Waals surface area contributed by atoms with Gasteiger partial charge in [0, 0.05) is 25.7 Å². The number of esters is 1. The molecule has 0 bridgehead atoms. The smallest absolute Gasteiger partial charge is 0.343 e. The molecule has 1 N–H and O–H groups in total. The summed E-state index contributed by atoms with van der Waals surface area (Å²) >= 11 is 0. The Morgan fingerprint density at radius 1 is 1.18 bits per heavy atom. The van der Waals surface area contributed by atoms with Crippen LogP contribution in [0.25, 0.3) is 0 Å². The Balaban J connectivity index is 1.43. The van der Waals surface area contributed by atoms with Crippen LogP contribution in [-0.4, -0.2) is 28.2 Å². The zero-order chi connectivity index (χ0) is 23.5. The van der Waals surface area contributed by atoms with Crippen molar-refractivity contribution >= 4 is 5.97 Å². The summed E-state index contributed by atoms with van der Waals surface area (Å²) in [4.78, 5) is 13.1. The second kappa shape index (κ2) is 9.43. The van der Waals surface area contributed by atoms with Crippen LogP contribution >= 0.6 is 0 Å². The lowest BCUT2D eigenvalue weighted by Gasteiger charge is -2.32. The highest BCUT2D eigenvalue weighted by molar-refractivity contribution is 5.81. The second-order valence-corrected chi connectivity index (χ2v) is 8.72. The minimum absolute atomic E-state index is 0.0257. The zero-order valence-electron chi connectivity index (χ0n) is 18.7. The Morgan fingerprint density at radius 3 is 2.48 bits per heavy atom. The predicted octanol–water partition coefficient (Wildman–Crippen LogP) is 4.00. The van der Waals surface area contributed by atoms with Gasteiger partial charge in [-0.15, -0.1) is 0 Å². The van der Waals surface area contributed by atoms with Gasteiger partial charge in [-0.25, -0.2) is 22.7 Å². The number of benzene rings is 2. The molecule has 1 aliphatic carbocycles. The van der Waals surface area contributed by atoms with Gasteiger partial charge in [0.25, 0.3) is 5.82 Å². The van der Waals surface area contributed by atoms with Gasteiger partial charge in [0.2, 0.25) is 5.92 Å². The fourth-order valence-corrected chi connectivity index (χ4v) is 4.59. The molecule has 7 heteroatoms. The van der Waals surface area contributed by atoms with E-state index < -0.39 is 29.8 Å². The highest BCUT2D eigenvalue weighted by atomic mass is 19.3. The van der Waals surface area contributed by atoms with Crippen LogP contribution in [-0.2, 0) is 28.2 Å². The number of hydrogen-bond donors (Lipinski definition) is 1. The summed E-state index contributed by atoms with van der Waals surface area (Å²) in [6.07, 6.45) is 3.05. The maximum absolute atomic E-state index is 13.9. The monoisotopic (exact) mass is 455 g/mol. The minimum Gasteiger partial charge on any atom is -0.459 e. The van der Waals surface area contributed by atoms with Crippen molar-refractivity contribution in [3.05, 3.63) is 90.0 Å². The summed E-state index contributed by atoms with van der Waals surface area (Å²) in [5.41, 5.74) is -0.633. The average molecular weight is 456 g/mol. The van der Waals surface area contributed by atoms with Gasteiger partial charge in [-0.05, 0) is 17.5 Å². The summed E-state index contributed by atoms with van der Waals surface area (Å²) in [6, 6.07) is 18.4. The molecule has 1 aromatic heterocycles. The molecule has 0 radical (unpaired) electrons. The summed E-state index contributed by atoms with van der Waals surface area (Å²) in [6.45, 7) is 3.12. The number of carbonyl (C=O) groups excluding carboxylic acids is 1. The Morgan fingerprint density at radius 2 is 1.85 bits per heavy atom. The predicted molar refractivity (Wildman–Crippen MR) is 118 cm³/mol. The van der Waals surface area contributed by atoms with E-state index in [-0.39, 0.29) is 25.0 Å². The van der Waals surface area contributed by atoms with Crippen LogP contribution in [0.1, 0.15) is 36.2 Å². The van der Waals surface area contributed by atoms with Crippen LogP contribution < -0.4 is 4.57 Å². The molecule has 33 heavy (non-hydrogen) atoms. The molecule has 3 aromatic rings. The van der Waals surface area contributed by atoms with Crippen LogP contribution in [0.15, 0.2) is 73.1 Å². The van der Waals surface area contributed by atoms with Crippen LogP contribution in [0.4, 0.5) is 8.78 Å². The molecular weight excluding hydrogens is 426 g/mol. The largest absolute Gasteiger partial charge is 0.459 e. The second-order valence-electron chi connectivity index (χ2n) is 8.72. The van der Waals surface area contributed by atoms with E-state index in [1.54, 1.807) is 30.3 Å². The molecule has 0 amide bonds. The summed E-state index contributed by atoms with van der Waals surface area (Å²) < 4.78 is 37.3. The van der Waals surface area contributed by atoms with E-state index in [9.17, 15) is 18.7 Å². The number of nitrogens with zero attached hydrogens (tertiary/aromatic N) is 2. The van der Waals surface area contributed by atoms with Gasteiger partial charge in [-0.3, -0.25) is 0 Å². The molecule has 1 aliphatic rings. The molecule has 0 aliphatic heterocycles. The number of aliphatic hydroxyl groups is 1. The topological polar surface area (TPSA) is 55.3 Å². The lowest BCUT2D eigenvalue weighted by atomic mass is 9.80. The maximum atomic E-state index is 13.9. The molecule has 1 heterocycles. The fourth-order valence-electron chi connectivity index (χ4n) is 4.59. The van der Waals surface area contributed by atoms with Crippen molar-refractivity contribution in [1.29, 1.82) is 0 Å². The molecule has 0 saturated heterocycles. The number of rotatable bonds is 8. The van der Waals surface area contributed by atoms with Crippen LogP contribution in [0.2, 0.25) is 0 Å². The molecule has 2 aromatic carbocycles. The van der Waals surface area contributed by atoms with Crippen molar-refractivity contribution in [2.75, 3.05) is 6.61 Å². The lowest BCUT2D eigenvalue weighted by Crippen LogP contribution is -2.44. The average Bonchev–Trinajstić information content (AvgIpc) is 3.36. The van der Waals surface area contributed by atoms with Gasteiger partial charge in [0.05, 0.1) is 0 Å². The molecular formula is C26H29F2N2O3+. The van der Waals surface area contributed by atoms with Crippen molar-refractivity contribution < 1.29 is 28.0 Å². The van der Waals surface area contributed by atoms with E-state index in [2.05, 4.69) is 16.7 Å². The highest BCUT2D eigenvalue weighted by Gasteiger charge is 2.54. The zero-order valence-corrected chi connectivity index (χ0v) is 18.7. The number of hydrogen-bond acceptors (Lipinski definition) is 3. The van der Waals surface area contributed by atoms with Gasteiger partial charge >= 0.3 is 5.97 Å². The van der Waals surface area contributed by atoms with Crippen molar-refractivity contribution in [3.63, 3.8) is 0 Å². The fraction of sp³-hybridized carbons (Fsp3) is 0.385. The molecule has 1 saturated carbocycles. The van der Waals surface area contributed by atoms with Gasteiger partial charge in [0.1, 0.15) is 32.1 Å². The van der Waals surface area contributed by atoms with Gasteiger partial charge in [0.15, 0.2) is 5.60 Å². The summed E-state index contributed by atoms with van der Waals surface area (Å²) in [7, 11) is 0. The number of imidazole rings is 1. The Kier molecular flexibility index (Phi) is 6.61. The number of halogens is 2. The van der Waals surface area contributed by atoms with Crippen LogP contribution in [0.5, 0.6) is 0 Å². The van der Waals surface area contributed by atoms with E-state index in [1.807, 2.05) is 42.1 Å². The molecule has 2 atom stereocenters. The first-order chi connectivity index (χ1) is 15.8. The molecule has 0 spiro atoms. The first kappa shape index (κ1) is 23.1. The van der Waals surface area contributed by atoms with Crippen molar-refractivity contribution in [1.82, 2.24) is 4.57 Å². The van der Waals surface area contributed by atoms with Crippen LogP contribution in [0, 0.1) is 12.8 Å². The Hall–Kier alpha value is -3.06.